The lowest BCUT2D eigenvalue weighted by atomic mass is 10.0. The number of benzene rings is 1. The average molecular weight is 290 g/mol. The molecule has 0 spiro atoms. The first-order chi connectivity index (χ1) is 9.37. The summed E-state index contributed by atoms with van der Waals surface area (Å²) in [6, 6.07) is 11.5. The van der Waals surface area contributed by atoms with E-state index in [4.69, 9.17) is 4.42 Å². The quantitative estimate of drug-likeness (QED) is 0.936. The Morgan fingerprint density at radius 1 is 1.25 bits per heavy atom. The van der Waals surface area contributed by atoms with Crippen molar-refractivity contribution in [1.82, 2.24) is 4.72 Å². The summed E-state index contributed by atoms with van der Waals surface area (Å²) in [6.07, 6.45) is 1.39. The van der Waals surface area contributed by atoms with Crippen molar-refractivity contribution in [1.29, 1.82) is 5.26 Å². The molecule has 0 bridgehead atoms. The number of hydrogen-bond acceptors (Lipinski definition) is 4. The van der Waals surface area contributed by atoms with Crippen LogP contribution in [0.5, 0.6) is 0 Å². The zero-order chi connectivity index (χ0) is 14.8. The first-order valence-electron chi connectivity index (χ1n) is 5.93. The summed E-state index contributed by atoms with van der Waals surface area (Å²) in [5.74, 6) is 0.246. The standard InChI is InChI=1S/C14H14N2O3S/c1-11-5-7-12(8-6-11)20(17,18)16-14(2,10-15)13-4-3-9-19-13/h3-9,16H,1-2H3/t14-/m0/s1. The highest BCUT2D eigenvalue weighted by Crippen LogP contribution is 2.23. The molecular weight excluding hydrogens is 276 g/mol. The lowest BCUT2D eigenvalue weighted by Gasteiger charge is -2.20. The van der Waals surface area contributed by atoms with Crippen LogP contribution in [-0.2, 0) is 15.6 Å². The second-order valence-electron chi connectivity index (χ2n) is 4.63. The van der Waals surface area contributed by atoms with Gasteiger partial charge in [-0.1, -0.05) is 17.7 Å². The molecule has 0 aliphatic heterocycles. The lowest BCUT2D eigenvalue weighted by molar-refractivity contribution is 0.404. The molecule has 5 nitrogen and oxygen atoms in total. The van der Waals surface area contributed by atoms with Gasteiger partial charge in [0, 0.05) is 0 Å². The highest BCUT2D eigenvalue weighted by atomic mass is 32.2. The van der Waals surface area contributed by atoms with E-state index in [1.54, 1.807) is 24.3 Å². The van der Waals surface area contributed by atoms with Gasteiger partial charge in [0.15, 0.2) is 5.54 Å². The molecule has 1 aromatic carbocycles. The van der Waals surface area contributed by atoms with Crippen LogP contribution in [-0.4, -0.2) is 8.42 Å². The third-order valence-corrected chi connectivity index (χ3v) is 4.48. The second kappa shape index (κ2) is 5.12. The predicted molar refractivity (Wildman–Crippen MR) is 73.2 cm³/mol. The molecule has 0 saturated carbocycles. The van der Waals surface area contributed by atoms with Gasteiger partial charge in [-0.3, -0.25) is 0 Å². The van der Waals surface area contributed by atoms with Crippen molar-refractivity contribution >= 4 is 10.0 Å². The summed E-state index contributed by atoms with van der Waals surface area (Å²) < 4.78 is 32.1. The molecule has 0 aliphatic rings. The van der Waals surface area contributed by atoms with Gasteiger partial charge >= 0.3 is 0 Å². The van der Waals surface area contributed by atoms with Crippen molar-refractivity contribution in [3.8, 4) is 6.07 Å². The molecule has 0 aliphatic carbocycles. The largest absolute Gasteiger partial charge is 0.466 e. The molecule has 0 amide bonds. The van der Waals surface area contributed by atoms with E-state index in [-0.39, 0.29) is 10.7 Å². The number of hydrogen-bond donors (Lipinski definition) is 1. The zero-order valence-corrected chi connectivity index (χ0v) is 11.9. The number of rotatable bonds is 4. The lowest BCUT2D eigenvalue weighted by Crippen LogP contribution is -2.42. The van der Waals surface area contributed by atoms with Gasteiger partial charge in [0.05, 0.1) is 17.2 Å². The zero-order valence-electron chi connectivity index (χ0n) is 11.1. The van der Waals surface area contributed by atoms with Gasteiger partial charge < -0.3 is 4.42 Å². The number of furan rings is 1. The molecule has 0 fully saturated rings. The van der Waals surface area contributed by atoms with Crippen molar-refractivity contribution in [3.05, 3.63) is 54.0 Å². The molecule has 1 atom stereocenters. The first-order valence-corrected chi connectivity index (χ1v) is 7.41. The van der Waals surface area contributed by atoms with Crippen molar-refractivity contribution in [2.24, 2.45) is 0 Å². The van der Waals surface area contributed by atoms with Gasteiger partial charge in [-0.2, -0.15) is 9.98 Å². The summed E-state index contributed by atoms with van der Waals surface area (Å²) in [6.45, 7) is 3.32. The summed E-state index contributed by atoms with van der Waals surface area (Å²) in [7, 11) is -3.81. The number of sulfonamides is 1. The van der Waals surface area contributed by atoms with Gasteiger partial charge in [-0.25, -0.2) is 8.42 Å². The van der Waals surface area contributed by atoms with Gasteiger partial charge in [-0.05, 0) is 38.1 Å². The third-order valence-electron chi connectivity index (χ3n) is 2.91. The Hall–Kier alpha value is -2.10. The Kier molecular flexibility index (Phi) is 3.66. The number of nitriles is 1. The molecular formula is C14H14N2O3S. The van der Waals surface area contributed by atoms with Crippen LogP contribution in [0.15, 0.2) is 52.0 Å². The highest BCUT2D eigenvalue weighted by molar-refractivity contribution is 7.89. The van der Waals surface area contributed by atoms with Crippen molar-refractivity contribution in [3.63, 3.8) is 0 Å². The second-order valence-corrected chi connectivity index (χ2v) is 6.32. The maximum Gasteiger partial charge on any atom is 0.242 e. The normalized spacial score (nSPS) is 14.4. The van der Waals surface area contributed by atoms with E-state index in [0.29, 0.717) is 0 Å². The van der Waals surface area contributed by atoms with Crippen LogP contribution in [0.25, 0.3) is 0 Å². The Morgan fingerprint density at radius 2 is 1.90 bits per heavy atom. The molecule has 0 saturated heterocycles. The minimum absolute atomic E-state index is 0.108. The van der Waals surface area contributed by atoms with E-state index in [0.717, 1.165) is 5.56 Å². The van der Waals surface area contributed by atoms with Crippen LogP contribution in [0, 0.1) is 18.3 Å². The van der Waals surface area contributed by atoms with Gasteiger partial charge in [0.2, 0.25) is 10.0 Å². The fourth-order valence-electron chi connectivity index (χ4n) is 1.74. The fourth-order valence-corrected chi connectivity index (χ4v) is 3.03. The summed E-state index contributed by atoms with van der Waals surface area (Å²) >= 11 is 0. The molecule has 0 unspecified atom stereocenters. The smallest absolute Gasteiger partial charge is 0.242 e. The highest BCUT2D eigenvalue weighted by Gasteiger charge is 2.35. The van der Waals surface area contributed by atoms with Gasteiger partial charge in [0.1, 0.15) is 5.76 Å². The maximum absolute atomic E-state index is 12.3. The number of aryl methyl sites for hydroxylation is 1. The van der Waals surface area contributed by atoms with Crippen LogP contribution < -0.4 is 4.72 Å². The molecule has 2 rings (SSSR count). The predicted octanol–water partition coefficient (Wildman–Crippen LogP) is 2.31. The fraction of sp³-hybridized carbons (Fsp3) is 0.214. The molecule has 1 heterocycles. The summed E-state index contributed by atoms with van der Waals surface area (Å²) in [5, 5.41) is 9.27. The molecule has 1 N–H and O–H groups in total. The van der Waals surface area contributed by atoms with E-state index < -0.39 is 15.6 Å². The maximum atomic E-state index is 12.3. The van der Waals surface area contributed by atoms with Gasteiger partial charge in [-0.15, -0.1) is 0 Å². The minimum Gasteiger partial charge on any atom is -0.466 e. The van der Waals surface area contributed by atoms with E-state index in [2.05, 4.69) is 4.72 Å². The molecule has 0 radical (unpaired) electrons. The van der Waals surface area contributed by atoms with E-state index in [9.17, 15) is 13.7 Å². The Labute approximate surface area is 117 Å². The van der Waals surface area contributed by atoms with Crippen molar-refractivity contribution < 1.29 is 12.8 Å². The summed E-state index contributed by atoms with van der Waals surface area (Å²) in [5.41, 5.74) is -0.495. The van der Waals surface area contributed by atoms with Crippen molar-refractivity contribution in [2.45, 2.75) is 24.3 Å². The van der Waals surface area contributed by atoms with Gasteiger partial charge in [0.25, 0.3) is 0 Å². The average Bonchev–Trinajstić information content (AvgIpc) is 2.93. The van der Waals surface area contributed by atoms with E-state index in [1.165, 1.54) is 25.3 Å². The molecule has 20 heavy (non-hydrogen) atoms. The monoisotopic (exact) mass is 290 g/mol. The van der Waals surface area contributed by atoms with Crippen molar-refractivity contribution in [2.75, 3.05) is 0 Å². The van der Waals surface area contributed by atoms with Crippen LogP contribution in [0.2, 0.25) is 0 Å². The molecule has 2 aromatic rings. The van der Waals surface area contributed by atoms with Crippen LogP contribution in [0.1, 0.15) is 18.2 Å². The Bertz CT molecular complexity index is 728. The molecule has 104 valence electrons. The summed E-state index contributed by atoms with van der Waals surface area (Å²) in [4.78, 5) is 0.108. The minimum atomic E-state index is -3.81. The Morgan fingerprint density at radius 3 is 2.40 bits per heavy atom. The third kappa shape index (κ3) is 2.74. The van der Waals surface area contributed by atoms with E-state index in [1.807, 2.05) is 13.0 Å². The number of nitrogens with zero attached hydrogens (tertiary/aromatic N) is 1. The SMILES string of the molecule is Cc1ccc(S(=O)(=O)N[C@@](C)(C#N)c2ccco2)cc1. The number of nitrogens with one attached hydrogen (secondary N) is 1. The molecule has 6 heteroatoms. The van der Waals surface area contributed by atoms with E-state index >= 15 is 0 Å². The molecule has 1 aromatic heterocycles. The van der Waals surface area contributed by atoms with Crippen LogP contribution >= 0.6 is 0 Å². The van der Waals surface area contributed by atoms with Crippen LogP contribution in [0.4, 0.5) is 0 Å². The first kappa shape index (κ1) is 14.3. The topological polar surface area (TPSA) is 83.1 Å². The van der Waals surface area contributed by atoms with Crippen LogP contribution in [0.3, 0.4) is 0 Å². The Balaban J connectivity index is 2.37.